The molecule has 0 aliphatic carbocycles. The summed E-state index contributed by atoms with van der Waals surface area (Å²) in [6.07, 6.45) is 0. The lowest BCUT2D eigenvalue weighted by molar-refractivity contribution is 0.624. The average Bonchev–Trinajstić information content (AvgIpc) is 2.32. The van der Waals surface area contributed by atoms with E-state index in [0.717, 1.165) is 15.1 Å². The smallest absolute Gasteiger partial charge is 0.124 e. The van der Waals surface area contributed by atoms with E-state index in [-0.39, 0.29) is 5.82 Å². The van der Waals surface area contributed by atoms with Crippen molar-refractivity contribution in [2.45, 2.75) is 10.6 Å². The molecule has 2 aromatic carbocycles. The summed E-state index contributed by atoms with van der Waals surface area (Å²) in [7, 11) is 0. The van der Waals surface area contributed by atoms with Crippen LogP contribution in [0.5, 0.6) is 0 Å². The largest absolute Gasteiger partial charge is 0.398 e. The second kappa shape index (κ2) is 5.56. The fraction of sp³-hybridized carbons (Fsp3) is 0.0769. The van der Waals surface area contributed by atoms with E-state index in [0.29, 0.717) is 5.69 Å². The molecule has 0 bridgehead atoms. The molecule has 0 saturated carbocycles. The first-order valence-electron chi connectivity index (χ1n) is 5.07. The number of rotatable bonds is 3. The molecule has 2 N–H and O–H groups in total. The molecule has 0 aliphatic rings. The van der Waals surface area contributed by atoms with Crippen LogP contribution in [0.15, 0.2) is 51.8 Å². The molecule has 0 fully saturated rings. The van der Waals surface area contributed by atoms with Crippen LogP contribution in [-0.4, -0.2) is 0 Å². The van der Waals surface area contributed by atoms with Gasteiger partial charge in [0, 0.05) is 20.8 Å². The van der Waals surface area contributed by atoms with Gasteiger partial charge in [0.2, 0.25) is 0 Å². The highest BCUT2D eigenvalue weighted by molar-refractivity contribution is 9.10. The Morgan fingerprint density at radius 3 is 2.53 bits per heavy atom. The molecule has 0 atom stereocenters. The predicted molar refractivity (Wildman–Crippen MR) is 74.5 cm³/mol. The standard InChI is InChI=1S/C13H11BrFNS/c14-10-3-1-9(2-4-10)8-17-13-7-11(15)5-6-12(13)16/h1-7H,8,16H2. The maximum Gasteiger partial charge on any atom is 0.124 e. The highest BCUT2D eigenvalue weighted by Gasteiger charge is 2.02. The lowest BCUT2D eigenvalue weighted by atomic mass is 10.2. The second-order valence-electron chi connectivity index (χ2n) is 3.60. The zero-order valence-electron chi connectivity index (χ0n) is 8.99. The lowest BCUT2D eigenvalue weighted by Gasteiger charge is -2.05. The van der Waals surface area contributed by atoms with Crippen LogP contribution in [0.3, 0.4) is 0 Å². The van der Waals surface area contributed by atoms with Gasteiger partial charge in [0.05, 0.1) is 0 Å². The van der Waals surface area contributed by atoms with Crippen molar-refractivity contribution >= 4 is 33.4 Å². The monoisotopic (exact) mass is 311 g/mol. The van der Waals surface area contributed by atoms with Crippen molar-refractivity contribution in [2.24, 2.45) is 0 Å². The third kappa shape index (κ3) is 3.48. The number of anilines is 1. The van der Waals surface area contributed by atoms with Crippen LogP contribution >= 0.6 is 27.7 Å². The van der Waals surface area contributed by atoms with E-state index >= 15 is 0 Å². The van der Waals surface area contributed by atoms with Gasteiger partial charge in [0.1, 0.15) is 5.82 Å². The molecular weight excluding hydrogens is 301 g/mol. The molecule has 0 heterocycles. The van der Waals surface area contributed by atoms with Crippen molar-refractivity contribution < 1.29 is 4.39 Å². The molecule has 0 unspecified atom stereocenters. The minimum Gasteiger partial charge on any atom is -0.398 e. The van der Waals surface area contributed by atoms with Crippen LogP contribution in [0.1, 0.15) is 5.56 Å². The summed E-state index contributed by atoms with van der Waals surface area (Å²) in [6, 6.07) is 12.5. The average molecular weight is 312 g/mol. The number of nitrogen functional groups attached to an aromatic ring is 1. The first-order chi connectivity index (χ1) is 8.15. The zero-order valence-corrected chi connectivity index (χ0v) is 11.4. The normalized spacial score (nSPS) is 10.5. The maximum absolute atomic E-state index is 13.1. The topological polar surface area (TPSA) is 26.0 Å². The molecular formula is C13H11BrFNS. The van der Waals surface area contributed by atoms with Crippen LogP contribution in [0.25, 0.3) is 0 Å². The van der Waals surface area contributed by atoms with Crippen LogP contribution in [0, 0.1) is 5.82 Å². The predicted octanol–water partition coefficient (Wildman–Crippen LogP) is 4.46. The summed E-state index contributed by atoms with van der Waals surface area (Å²) >= 11 is 4.93. The Balaban J connectivity index is 2.07. The van der Waals surface area contributed by atoms with Gasteiger partial charge in [-0.15, -0.1) is 11.8 Å². The van der Waals surface area contributed by atoms with E-state index in [4.69, 9.17) is 5.73 Å². The van der Waals surface area contributed by atoms with Gasteiger partial charge >= 0.3 is 0 Å². The molecule has 0 spiro atoms. The quantitative estimate of drug-likeness (QED) is 0.669. The third-order valence-electron chi connectivity index (χ3n) is 2.28. The van der Waals surface area contributed by atoms with Gasteiger partial charge in [-0.1, -0.05) is 28.1 Å². The van der Waals surface area contributed by atoms with Gasteiger partial charge in [-0.25, -0.2) is 4.39 Å². The number of thioether (sulfide) groups is 1. The van der Waals surface area contributed by atoms with Crippen molar-refractivity contribution in [3.05, 3.63) is 58.3 Å². The molecule has 0 aliphatic heterocycles. The van der Waals surface area contributed by atoms with Gasteiger partial charge in [-0.2, -0.15) is 0 Å². The summed E-state index contributed by atoms with van der Waals surface area (Å²) in [6.45, 7) is 0. The summed E-state index contributed by atoms with van der Waals surface area (Å²) in [5.41, 5.74) is 7.58. The first-order valence-corrected chi connectivity index (χ1v) is 6.85. The van der Waals surface area contributed by atoms with Crippen LogP contribution < -0.4 is 5.73 Å². The molecule has 2 rings (SSSR count). The number of nitrogens with two attached hydrogens (primary N) is 1. The fourth-order valence-corrected chi connectivity index (χ4v) is 2.58. The van der Waals surface area contributed by atoms with Crippen molar-refractivity contribution in [1.29, 1.82) is 0 Å². The summed E-state index contributed by atoms with van der Waals surface area (Å²) in [5.74, 6) is 0.526. The fourth-order valence-electron chi connectivity index (χ4n) is 1.37. The Morgan fingerprint density at radius 1 is 1.12 bits per heavy atom. The molecule has 0 saturated heterocycles. The van der Waals surface area contributed by atoms with Crippen molar-refractivity contribution in [3.8, 4) is 0 Å². The van der Waals surface area contributed by atoms with E-state index in [1.54, 1.807) is 6.07 Å². The second-order valence-corrected chi connectivity index (χ2v) is 5.53. The van der Waals surface area contributed by atoms with Crippen molar-refractivity contribution in [3.63, 3.8) is 0 Å². The van der Waals surface area contributed by atoms with Gasteiger partial charge in [-0.05, 0) is 35.9 Å². The Kier molecular flexibility index (Phi) is 4.07. The van der Waals surface area contributed by atoms with Crippen molar-refractivity contribution in [2.75, 3.05) is 5.73 Å². The Bertz CT molecular complexity index is 513. The van der Waals surface area contributed by atoms with E-state index in [1.165, 1.54) is 29.5 Å². The van der Waals surface area contributed by atoms with Gasteiger partial charge in [0.15, 0.2) is 0 Å². The molecule has 0 radical (unpaired) electrons. The molecule has 2 aromatic rings. The van der Waals surface area contributed by atoms with Gasteiger partial charge in [-0.3, -0.25) is 0 Å². The maximum atomic E-state index is 13.1. The van der Waals surface area contributed by atoms with E-state index in [9.17, 15) is 4.39 Å². The summed E-state index contributed by atoms with van der Waals surface area (Å²) in [5, 5.41) is 0. The molecule has 0 amide bonds. The molecule has 88 valence electrons. The summed E-state index contributed by atoms with van der Waals surface area (Å²) in [4.78, 5) is 0.785. The minimum atomic E-state index is -0.252. The molecule has 0 aromatic heterocycles. The van der Waals surface area contributed by atoms with Gasteiger partial charge < -0.3 is 5.73 Å². The Morgan fingerprint density at radius 2 is 1.82 bits per heavy atom. The SMILES string of the molecule is Nc1ccc(F)cc1SCc1ccc(Br)cc1. The van der Waals surface area contributed by atoms with E-state index < -0.39 is 0 Å². The third-order valence-corrected chi connectivity index (χ3v) is 3.95. The van der Waals surface area contributed by atoms with Crippen molar-refractivity contribution in [1.82, 2.24) is 0 Å². The number of halogens is 2. The van der Waals surface area contributed by atoms with Crippen LogP contribution in [0.2, 0.25) is 0 Å². The van der Waals surface area contributed by atoms with E-state index in [2.05, 4.69) is 15.9 Å². The molecule has 4 heteroatoms. The van der Waals surface area contributed by atoms with Crippen LogP contribution in [-0.2, 0) is 5.75 Å². The Labute approximate surface area is 112 Å². The minimum absolute atomic E-state index is 0.252. The lowest BCUT2D eigenvalue weighted by Crippen LogP contribution is -1.90. The van der Waals surface area contributed by atoms with Gasteiger partial charge in [0.25, 0.3) is 0 Å². The highest BCUT2D eigenvalue weighted by Crippen LogP contribution is 2.29. The highest BCUT2D eigenvalue weighted by atomic mass is 79.9. The molecule has 1 nitrogen and oxygen atoms in total. The van der Waals surface area contributed by atoms with Crippen LogP contribution in [0.4, 0.5) is 10.1 Å². The Hall–Kier alpha value is -1.00. The van der Waals surface area contributed by atoms with E-state index in [1.807, 2.05) is 24.3 Å². The molecule has 17 heavy (non-hydrogen) atoms. The summed E-state index contributed by atoms with van der Waals surface area (Å²) < 4.78 is 14.1. The zero-order chi connectivity index (χ0) is 12.3. The number of hydrogen-bond donors (Lipinski definition) is 1. The first kappa shape index (κ1) is 12.5. The number of hydrogen-bond acceptors (Lipinski definition) is 2. The number of benzene rings is 2.